The van der Waals surface area contributed by atoms with Crippen molar-refractivity contribution in [3.63, 3.8) is 0 Å². The smallest absolute Gasteiger partial charge is 0.282 e. The molecule has 75 heavy (non-hydrogen) atoms. The summed E-state index contributed by atoms with van der Waals surface area (Å²) in [5.41, 5.74) is 11.0. The summed E-state index contributed by atoms with van der Waals surface area (Å²) in [7, 11) is 0. The van der Waals surface area contributed by atoms with Crippen molar-refractivity contribution >= 4 is 121 Å². The van der Waals surface area contributed by atoms with Crippen LogP contribution in [0.25, 0.3) is 28.1 Å². The number of aryl methyl sites for hydroxylation is 2. The molecule has 8 nitrogen and oxygen atoms in total. The van der Waals surface area contributed by atoms with Crippen molar-refractivity contribution < 1.29 is 18.7 Å². The number of rotatable bonds is 14. The zero-order valence-corrected chi connectivity index (χ0v) is 46.6. The average Bonchev–Trinajstić information content (AvgIpc) is 4.01. The summed E-state index contributed by atoms with van der Waals surface area (Å²) >= 11 is 38.4. The molecule has 0 aliphatic carbocycles. The van der Waals surface area contributed by atoms with E-state index >= 15 is 0 Å². The van der Waals surface area contributed by atoms with Crippen molar-refractivity contribution in [2.24, 2.45) is 0 Å². The maximum absolute atomic E-state index is 13.0. The van der Waals surface area contributed by atoms with Crippen molar-refractivity contribution in [2.75, 3.05) is 22.9 Å². The molecule has 3 heterocycles. The molecule has 2 aromatic heterocycles. The lowest BCUT2D eigenvalue weighted by Gasteiger charge is -2.23. The number of halogens is 6. The fraction of sp³-hybridized carbons (Fsp3) is 0.180. The predicted octanol–water partition coefficient (Wildman–Crippen LogP) is 15.9. The molecule has 10 rings (SSSR count). The molecule has 0 N–H and O–H groups in total. The molecule has 0 unspecified atom stereocenters. The van der Waals surface area contributed by atoms with Crippen molar-refractivity contribution in [3.8, 4) is 0 Å². The maximum Gasteiger partial charge on any atom is 0.282 e. The number of fused-ring (bicyclic) bond motifs is 3. The summed E-state index contributed by atoms with van der Waals surface area (Å²) in [5, 5.41) is 3.18. The van der Waals surface area contributed by atoms with E-state index in [0.717, 1.165) is 88.2 Å². The van der Waals surface area contributed by atoms with Crippen molar-refractivity contribution in [1.82, 2.24) is 9.13 Å². The number of anilines is 2. The van der Waals surface area contributed by atoms with E-state index < -0.39 is 0 Å². The molecule has 14 heteroatoms. The summed E-state index contributed by atoms with van der Waals surface area (Å²) in [6, 6.07) is 45.8. The second-order valence-corrected chi connectivity index (χ2v) is 20.4. The van der Waals surface area contributed by atoms with Crippen LogP contribution < -0.4 is 18.9 Å². The summed E-state index contributed by atoms with van der Waals surface area (Å²) in [5.74, 6) is 3.20. The first-order valence-corrected chi connectivity index (χ1v) is 27.1. The Kier molecular flexibility index (Phi) is 16.6. The van der Waals surface area contributed by atoms with Crippen LogP contribution in [0.5, 0.6) is 0 Å². The first-order chi connectivity index (χ1) is 36.2. The number of hydrogen-bond acceptors (Lipinski definition) is 4. The van der Waals surface area contributed by atoms with Gasteiger partial charge < -0.3 is 9.80 Å². The first-order valence-electron chi connectivity index (χ1n) is 24.8. The number of benzene rings is 7. The molecule has 1 aliphatic heterocycles. The monoisotopic (exact) mass is 1110 g/mol. The van der Waals surface area contributed by atoms with Crippen LogP contribution in [-0.2, 0) is 26.2 Å². The van der Waals surface area contributed by atoms with Gasteiger partial charge in [0.15, 0.2) is 33.6 Å². The zero-order valence-electron chi connectivity index (χ0n) is 42.1. The summed E-state index contributed by atoms with van der Waals surface area (Å²) in [6.45, 7) is 15.0. The van der Waals surface area contributed by atoms with Crippen molar-refractivity contribution in [2.45, 2.75) is 60.8 Å². The Balaban J connectivity index is 0.000000204. The van der Waals surface area contributed by atoms with Crippen molar-refractivity contribution in [1.29, 1.82) is 0 Å². The number of carbonyl (C=O) groups is 2. The lowest BCUT2D eigenvalue weighted by atomic mass is 10.0. The molecular weight excluding hydrogens is 1060 g/mol. The summed E-state index contributed by atoms with van der Waals surface area (Å²) < 4.78 is 8.93. The van der Waals surface area contributed by atoms with E-state index in [9.17, 15) is 9.59 Å². The third-order valence-electron chi connectivity index (χ3n) is 13.6. The Morgan fingerprint density at radius 1 is 0.467 bits per heavy atom. The number of imidazole rings is 2. The predicted molar refractivity (Wildman–Crippen MR) is 311 cm³/mol. The van der Waals surface area contributed by atoms with E-state index in [4.69, 9.17) is 69.6 Å². The Labute approximate surface area is 467 Å². The molecular formula is C61H54Cl6N6O2+2. The third-order valence-corrected chi connectivity index (χ3v) is 15.8. The molecule has 0 radical (unpaired) electrons. The van der Waals surface area contributed by atoms with Gasteiger partial charge in [0.05, 0.1) is 54.6 Å². The minimum atomic E-state index is 0.00123. The molecule has 0 amide bonds. The Morgan fingerprint density at radius 3 is 1.29 bits per heavy atom. The van der Waals surface area contributed by atoms with Gasteiger partial charge in [0.2, 0.25) is 0 Å². The highest BCUT2D eigenvalue weighted by molar-refractivity contribution is 6.43. The molecule has 0 saturated heterocycles. The standard InChI is InChI=1S/C37H33Cl4N4O.C24H21Cl2N2O/c1-4-42-31-19-27(38)28(39)20-32(31)43(5-2)35(42)13-10-14-36-44(6-3)33-21-29(40)30(41)22-34(33)45(36)23-24-15-17-26(18-16-24)37(46)25-11-8-7-9-12-25;1-3-27-16(2)28(23-14-21(26)20(25)13-22(23)27)15-17-9-11-19(12-10-17)24(29)18-7-5-4-6-8-18/h7-22H,4-6,23H2,1-3H3;4-14H,3,15H2,1-2H3/q2*+1. The first kappa shape index (κ1) is 53.5. The van der Waals surface area contributed by atoms with Crippen LogP contribution in [0.4, 0.5) is 11.4 Å². The fourth-order valence-electron chi connectivity index (χ4n) is 9.90. The Bertz CT molecular complexity index is 3620. The van der Waals surface area contributed by atoms with Gasteiger partial charge in [-0.1, -0.05) is 185 Å². The van der Waals surface area contributed by atoms with Gasteiger partial charge in [-0.3, -0.25) is 9.59 Å². The van der Waals surface area contributed by atoms with Gasteiger partial charge in [-0.05, 0) is 57.0 Å². The van der Waals surface area contributed by atoms with E-state index in [1.165, 1.54) is 0 Å². The Hall–Kier alpha value is -6.36. The van der Waals surface area contributed by atoms with Gasteiger partial charge in [0.25, 0.3) is 11.6 Å². The van der Waals surface area contributed by atoms with E-state index in [1.54, 1.807) is 0 Å². The lowest BCUT2D eigenvalue weighted by molar-refractivity contribution is -0.669. The quantitative estimate of drug-likeness (QED) is 0.0804. The van der Waals surface area contributed by atoms with Gasteiger partial charge in [-0.15, -0.1) is 0 Å². The van der Waals surface area contributed by atoms with E-state index in [-0.39, 0.29) is 11.6 Å². The molecule has 0 saturated carbocycles. The molecule has 1 aliphatic rings. The Morgan fingerprint density at radius 2 is 0.853 bits per heavy atom. The number of ketones is 2. The van der Waals surface area contributed by atoms with Crippen LogP contribution in [-0.4, -0.2) is 33.8 Å². The minimum Gasteiger partial charge on any atom is -0.326 e. The second kappa shape index (κ2) is 23.3. The fourth-order valence-corrected chi connectivity index (χ4v) is 10.8. The maximum atomic E-state index is 13.0. The van der Waals surface area contributed by atoms with Crippen LogP contribution in [0, 0.1) is 6.92 Å². The average molecular weight is 1120 g/mol. The van der Waals surface area contributed by atoms with Crippen LogP contribution >= 0.6 is 69.6 Å². The van der Waals surface area contributed by atoms with Gasteiger partial charge >= 0.3 is 0 Å². The normalized spacial score (nSPS) is 12.2. The van der Waals surface area contributed by atoms with E-state index in [1.807, 2.05) is 146 Å². The number of hydrogen-bond donors (Lipinski definition) is 0. The van der Waals surface area contributed by atoms with Gasteiger partial charge in [0, 0.05) is 72.6 Å². The number of carbonyl (C=O) groups excluding carboxylic acids is 2. The lowest BCUT2D eigenvalue weighted by Crippen LogP contribution is -2.37. The number of allylic oxidation sites excluding steroid dienone is 2. The summed E-state index contributed by atoms with van der Waals surface area (Å²) in [6.07, 6.45) is 6.33. The van der Waals surface area contributed by atoms with Crippen molar-refractivity contribution in [3.05, 3.63) is 239 Å². The molecule has 9 aromatic rings. The number of nitrogens with zero attached hydrogens (tertiary/aromatic N) is 6. The third kappa shape index (κ3) is 10.9. The molecule has 380 valence electrons. The van der Waals surface area contributed by atoms with Crippen LogP contribution in [0.3, 0.4) is 0 Å². The van der Waals surface area contributed by atoms with Crippen LogP contribution in [0.2, 0.25) is 30.1 Å². The van der Waals surface area contributed by atoms with E-state index in [0.29, 0.717) is 65.5 Å². The van der Waals surface area contributed by atoms with E-state index in [2.05, 4.69) is 80.9 Å². The van der Waals surface area contributed by atoms with Crippen LogP contribution in [0.1, 0.15) is 82.3 Å². The zero-order chi connectivity index (χ0) is 53.1. The highest BCUT2D eigenvalue weighted by Crippen LogP contribution is 2.45. The SMILES string of the molecule is CCN1C(=CC=Cc2n(CC)c3cc(Cl)c(Cl)cc3[n+]2Cc2ccc(C(=O)c3ccccc3)cc2)N(CC)c2cc(Cl)c(Cl)cc21.CCn1c(C)[n+](Cc2ccc(C(=O)c3ccccc3)cc2)c2cc(Cl)c(Cl)cc21. The van der Waals surface area contributed by atoms with Gasteiger partial charge in [-0.25, -0.2) is 18.3 Å². The minimum absolute atomic E-state index is 0.00123. The molecule has 0 bridgehead atoms. The molecule has 0 spiro atoms. The highest BCUT2D eigenvalue weighted by Gasteiger charge is 2.31. The van der Waals surface area contributed by atoms with Crippen LogP contribution in [0.15, 0.2) is 164 Å². The highest BCUT2D eigenvalue weighted by atomic mass is 35.5. The molecule has 0 atom stereocenters. The largest absolute Gasteiger partial charge is 0.326 e. The second-order valence-electron chi connectivity index (χ2n) is 18.0. The topological polar surface area (TPSA) is 58.2 Å². The summed E-state index contributed by atoms with van der Waals surface area (Å²) in [4.78, 5) is 30.1. The van der Waals surface area contributed by atoms with Gasteiger partial charge in [0.1, 0.15) is 18.9 Å². The van der Waals surface area contributed by atoms with Gasteiger partial charge in [-0.2, -0.15) is 0 Å². The number of aromatic nitrogens is 4. The molecule has 7 aromatic carbocycles. The molecule has 0 fully saturated rings.